The first-order valence-corrected chi connectivity index (χ1v) is 9.40. The molecule has 3 rings (SSSR count). The van der Waals surface area contributed by atoms with Crippen molar-refractivity contribution in [1.29, 1.82) is 0 Å². The maximum Gasteiger partial charge on any atom is 0.199 e. The molecule has 2 aromatic rings. The highest BCUT2D eigenvalue weighted by atomic mass is 16.3. The molecule has 2 N–H and O–H groups in total. The number of phenols is 1. The van der Waals surface area contributed by atoms with Crippen molar-refractivity contribution in [2.45, 2.75) is 52.4 Å². The van der Waals surface area contributed by atoms with Crippen molar-refractivity contribution >= 4 is 23.4 Å². The lowest BCUT2D eigenvalue weighted by atomic mass is 9.80. The van der Waals surface area contributed by atoms with E-state index >= 15 is 0 Å². The Morgan fingerprint density at radius 3 is 2.04 bits per heavy atom. The number of phenolic OH excluding ortho intramolecular Hbond substituents is 1. The monoisotopic (exact) mass is 377 g/mol. The molecule has 0 heterocycles. The fourth-order valence-corrected chi connectivity index (χ4v) is 3.26. The van der Waals surface area contributed by atoms with Crippen LogP contribution in [0, 0.1) is 0 Å². The zero-order valence-electron chi connectivity index (χ0n) is 17.3. The summed E-state index contributed by atoms with van der Waals surface area (Å²) in [5.74, 6) is -0.244. The Hall–Kier alpha value is -2.88. The second-order valence-corrected chi connectivity index (χ2v) is 9.29. The summed E-state index contributed by atoms with van der Waals surface area (Å²) < 4.78 is 0. The lowest BCUT2D eigenvalue weighted by Crippen LogP contribution is -2.16. The van der Waals surface area contributed by atoms with Crippen LogP contribution < -0.4 is 0 Å². The summed E-state index contributed by atoms with van der Waals surface area (Å²) in [5, 5.41) is 21.2. The second kappa shape index (κ2) is 6.62. The van der Waals surface area contributed by atoms with Gasteiger partial charge in [-0.15, -0.1) is 0 Å². The van der Waals surface area contributed by atoms with E-state index in [0.717, 1.165) is 11.1 Å². The van der Waals surface area contributed by atoms with Crippen LogP contribution in [-0.4, -0.2) is 22.2 Å². The van der Waals surface area contributed by atoms with Crippen molar-refractivity contribution in [3.63, 3.8) is 0 Å². The molecule has 146 valence electrons. The fraction of sp³-hybridized carbons (Fsp3) is 0.333. The predicted molar refractivity (Wildman–Crippen MR) is 114 cm³/mol. The Morgan fingerprint density at radius 1 is 0.893 bits per heavy atom. The van der Waals surface area contributed by atoms with Crippen LogP contribution >= 0.6 is 0 Å². The number of hydrogen-bond donors (Lipinski definition) is 2. The van der Waals surface area contributed by atoms with E-state index in [1.54, 1.807) is 24.3 Å². The van der Waals surface area contributed by atoms with Crippen LogP contribution in [0.5, 0.6) is 5.75 Å². The maximum absolute atomic E-state index is 12.6. The van der Waals surface area contributed by atoms with Crippen LogP contribution in [0.15, 0.2) is 47.0 Å². The number of aliphatic imine (C=N–C) groups is 1. The molecule has 0 unspecified atom stereocenters. The molecule has 0 aromatic heterocycles. The first-order valence-electron chi connectivity index (χ1n) is 9.40. The van der Waals surface area contributed by atoms with Crippen LogP contribution in [0.4, 0.5) is 5.69 Å². The van der Waals surface area contributed by atoms with Gasteiger partial charge in [-0.05, 0) is 22.5 Å². The third-order valence-corrected chi connectivity index (χ3v) is 5.02. The maximum atomic E-state index is 12.6. The highest BCUT2D eigenvalue weighted by Gasteiger charge is 2.29. The molecule has 0 spiro atoms. The Kier molecular flexibility index (Phi) is 4.70. The first-order chi connectivity index (χ1) is 12.9. The minimum Gasteiger partial charge on any atom is -0.506 e. The molecule has 4 nitrogen and oxygen atoms in total. The van der Waals surface area contributed by atoms with Crippen molar-refractivity contribution in [1.82, 2.24) is 0 Å². The first kappa shape index (κ1) is 19.9. The van der Waals surface area contributed by atoms with Crippen LogP contribution in [-0.2, 0) is 10.8 Å². The molecular formula is C24H27NO3. The average molecular weight is 377 g/mol. The van der Waals surface area contributed by atoms with Crippen LogP contribution in [0.25, 0.3) is 5.76 Å². The number of allylic oxidation sites excluding steroid dienone is 1. The number of rotatable bonds is 2. The summed E-state index contributed by atoms with van der Waals surface area (Å²) in [6.45, 7) is 12.4. The highest BCUT2D eigenvalue weighted by molar-refractivity contribution is 6.30. The molecule has 28 heavy (non-hydrogen) atoms. The number of carbonyl (C=O) groups is 1. The standard InChI is InChI=1S/C24H27NO3/c1-23(2,3)14-11-18(24(4,5)6)22(28)19(12-14)25-13-17-20(26)15-9-7-8-10-16(15)21(17)27/h7-13,26,28H,1-6H3. The second-order valence-electron chi connectivity index (χ2n) is 9.29. The number of ketones is 1. The van der Waals surface area contributed by atoms with E-state index in [1.807, 2.05) is 32.9 Å². The predicted octanol–water partition coefficient (Wildman–Crippen LogP) is 5.86. The van der Waals surface area contributed by atoms with E-state index in [1.165, 1.54) is 6.21 Å². The molecule has 0 bridgehead atoms. The zero-order valence-corrected chi connectivity index (χ0v) is 17.3. The number of fused-ring (bicyclic) bond motifs is 1. The molecule has 1 aliphatic rings. The number of nitrogens with zero attached hydrogens (tertiary/aromatic N) is 1. The molecule has 0 aliphatic heterocycles. The van der Waals surface area contributed by atoms with Gasteiger partial charge in [-0.3, -0.25) is 9.79 Å². The van der Waals surface area contributed by atoms with Gasteiger partial charge in [0.15, 0.2) is 5.78 Å². The molecule has 4 heteroatoms. The van der Waals surface area contributed by atoms with Gasteiger partial charge in [0.05, 0.1) is 5.57 Å². The summed E-state index contributed by atoms with van der Waals surface area (Å²) in [6.07, 6.45) is 1.35. The van der Waals surface area contributed by atoms with Gasteiger partial charge in [0.25, 0.3) is 0 Å². The van der Waals surface area contributed by atoms with Crippen molar-refractivity contribution in [3.05, 3.63) is 64.2 Å². The number of benzene rings is 2. The summed E-state index contributed by atoms with van der Waals surface area (Å²) in [7, 11) is 0. The van der Waals surface area contributed by atoms with E-state index in [9.17, 15) is 15.0 Å². The molecule has 0 radical (unpaired) electrons. The van der Waals surface area contributed by atoms with Gasteiger partial charge < -0.3 is 10.2 Å². The zero-order chi connectivity index (χ0) is 20.9. The van der Waals surface area contributed by atoms with Crippen LogP contribution in [0.2, 0.25) is 0 Å². The molecule has 0 saturated carbocycles. The quantitative estimate of drug-likeness (QED) is 0.645. The van der Waals surface area contributed by atoms with Crippen molar-refractivity contribution in [2.75, 3.05) is 0 Å². The topological polar surface area (TPSA) is 69.9 Å². The van der Waals surface area contributed by atoms with E-state index in [0.29, 0.717) is 16.8 Å². The van der Waals surface area contributed by atoms with Gasteiger partial charge in [0.1, 0.15) is 17.2 Å². The third-order valence-electron chi connectivity index (χ3n) is 5.02. The molecule has 0 atom stereocenters. The number of hydrogen-bond acceptors (Lipinski definition) is 4. The molecule has 1 aliphatic carbocycles. The third kappa shape index (κ3) is 3.47. The minimum atomic E-state index is -0.267. The Morgan fingerprint density at radius 2 is 1.50 bits per heavy atom. The van der Waals surface area contributed by atoms with Crippen molar-refractivity contribution in [3.8, 4) is 5.75 Å². The summed E-state index contributed by atoms with van der Waals surface area (Å²) in [6, 6.07) is 10.8. The minimum absolute atomic E-state index is 0.0770. The van der Waals surface area contributed by atoms with Gasteiger partial charge >= 0.3 is 0 Å². The lowest BCUT2D eigenvalue weighted by Gasteiger charge is -2.26. The number of carbonyl (C=O) groups excluding carboxylic acids is 1. The Labute approximate surface area is 166 Å². The summed E-state index contributed by atoms with van der Waals surface area (Å²) >= 11 is 0. The Bertz CT molecular complexity index is 1020. The van der Waals surface area contributed by atoms with Gasteiger partial charge in [-0.2, -0.15) is 0 Å². The number of Topliss-reactive ketones (excluding diaryl/α,β-unsaturated/α-hetero) is 1. The van der Waals surface area contributed by atoms with Gasteiger partial charge in [-0.1, -0.05) is 71.9 Å². The fourth-order valence-electron chi connectivity index (χ4n) is 3.26. The molecule has 0 amide bonds. The van der Waals surface area contributed by atoms with Crippen molar-refractivity contribution < 1.29 is 15.0 Å². The number of aliphatic hydroxyl groups is 1. The normalized spacial score (nSPS) is 14.9. The van der Waals surface area contributed by atoms with Gasteiger partial charge in [0, 0.05) is 22.9 Å². The van der Waals surface area contributed by atoms with E-state index in [-0.39, 0.29) is 33.7 Å². The molecular weight excluding hydrogens is 350 g/mol. The van der Waals surface area contributed by atoms with Gasteiger partial charge in [0.2, 0.25) is 0 Å². The average Bonchev–Trinajstić information content (AvgIpc) is 2.83. The molecule has 2 aromatic carbocycles. The van der Waals surface area contributed by atoms with E-state index in [2.05, 4.69) is 25.8 Å². The number of aromatic hydroxyl groups is 1. The number of aliphatic hydroxyl groups excluding tert-OH is 1. The van der Waals surface area contributed by atoms with E-state index < -0.39 is 0 Å². The highest BCUT2D eigenvalue weighted by Crippen LogP contribution is 2.41. The van der Waals surface area contributed by atoms with Crippen LogP contribution in [0.3, 0.4) is 0 Å². The largest absolute Gasteiger partial charge is 0.506 e. The Balaban J connectivity index is 2.10. The van der Waals surface area contributed by atoms with Gasteiger partial charge in [-0.25, -0.2) is 0 Å². The molecule has 0 saturated heterocycles. The van der Waals surface area contributed by atoms with Crippen molar-refractivity contribution in [2.24, 2.45) is 4.99 Å². The lowest BCUT2D eigenvalue weighted by molar-refractivity contribution is 0.104. The molecule has 0 fully saturated rings. The summed E-state index contributed by atoms with van der Waals surface area (Å²) in [5.41, 5.74) is 2.95. The summed E-state index contributed by atoms with van der Waals surface area (Å²) in [4.78, 5) is 17.0. The SMILES string of the molecule is CC(C)(C)c1cc(N=CC2=C(O)c3ccccc3C2=O)c(O)c(C(C)(C)C)c1. The smallest absolute Gasteiger partial charge is 0.199 e. The van der Waals surface area contributed by atoms with Crippen LogP contribution in [0.1, 0.15) is 68.6 Å². The van der Waals surface area contributed by atoms with E-state index in [4.69, 9.17) is 0 Å².